The summed E-state index contributed by atoms with van der Waals surface area (Å²) in [5.74, 6) is -2.40. The van der Waals surface area contributed by atoms with Crippen LogP contribution in [0.4, 0.5) is 13.3 Å². The fraction of sp³-hybridized carbons (Fsp3) is 0.500. The summed E-state index contributed by atoms with van der Waals surface area (Å²) in [6.07, 6.45) is 0. The van der Waals surface area contributed by atoms with E-state index in [1.165, 1.54) is 0 Å². The molecular formula is C2ClF3O2. The molecule has 0 amide bonds. The van der Waals surface area contributed by atoms with Crippen molar-refractivity contribution >= 4 is 17.6 Å². The first kappa shape index (κ1) is 7.55. The molecule has 0 fully saturated rings. The van der Waals surface area contributed by atoms with Gasteiger partial charge in [-0.05, 0) is 11.6 Å². The van der Waals surface area contributed by atoms with Gasteiger partial charge in [0.25, 0.3) is 0 Å². The van der Waals surface area contributed by atoms with E-state index in [9.17, 15) is 18.1 Å². The van der Waals surface area contributed by atoms with Gasteiger partial charge >= 0.3 is 11.4 Å². The molecule has 0 aliphatic heterocycles. The van der Waals surface area contributed by atoms with E-state index in [1.807, 2.05) is 0 Å². The van der Waals surface area contributed by atoms with Crippen LogP contribution < -0.4 is 0 Å². The molecule has 0 bridgehead atoms. The quantitative estimate of drug-likeness (QED) is 0.523. The van der Waals surface area contributed by atoms with Crippen LogP contribution in [0.3, 0.4) is 0 Å². The Labute approximate surface area is 47.1 Å². The number of hydrogen-bond acceptors (Lipinski definition) is 2. The highest BCUT2D eigenvalue weighted by Gasteiger charge is 2.39. The molecule has 6 heteroatoms. The first-order chi connectivity index (χ1) is 3.48. The molecule has 0 aromatic rings. The molecule has 0 saturated carbocycles. The van der Waals surface area contributed by atoms with Crippen LogP contribution in [0.5, 0.6) is 0 Å². The second kappa shape index (κ2) is 2.21. The first-order valence-electron chi connectivity index (χ1n) is 1.38. The van der Waals surface area contributed by atoms with E-state index in [4.69, 9.17) is 0 Å². The van der Waals surface area contributed by atoms with Crippen LogP contribution in [-0.4, -0.2) is 11.4 Å². The van der Waals surface area contributed by atoms with Gasteiger partial charge in [-0.25, -0.2) is 9.74 Å². The molecule has 0 aromatic heterocycles. The molecule has 8 heavy (non-hydrogen) atoms. The highest BCUT2D eigenvalue weighted by atomic mass is 35.5. The van der Waals surface area contributed by atoms with Crippen molar-refractivity contribution in [2.24, 2.45) is 0 Å². The molecule has 0 heterocycles. The smallest absolute Gasteiger partial charge is 0.246 e. The highest BCUT2D eigenvalue weighted by molar-refractivity contribution is 6.31. The van der Waals surface area contributed by atoms with Gasteiger partial charge in [0.05, 0.1) is 0 Å². The van der Waals surface area contributed by atoms with Crippen molar-refractivity contribution in [2.45, 2.75) is 5.38 Å². The molecule has 2 nitrogen and oxygen atoms in total. The predicted octanol–water partition coefficient (Wildman–Crippen LogP) is 1.25. The maximum absolute atomic E-state index is 11.2. The maximum Gasteiger partial charge on any atom is 0.433 e. The molecule has 0 atom stereocenters. The average Bonchev–Trinajstić information content (AvgIpc) is 1.62. The summed E-state index contributed by atoms with van der Waals surface area (Å²) in [6.45, 7) is 0. The number of carbonyl (C=O) groups is 1. The topological polar surface area (TPSA) is 26.3 Å². The van der Waals surface area contributed by atoms with E-state index < -0.39 is 11.4 Å². The fourth-order valence-corrected chi connectivity index (χ4v) is 0.0729. The summed E-state index contributed by atoms with van der Waals surface area (Å²) in [6, 6.07) is 0. The Bertz CT molecular complexity index is 97.9. The third kappa shape index (κ3) is 2.02. The lowest BCUT2D eigenvalue weighted by atomic mass is 10.7. The predicted molar refractivity (Wildman–Crippen MR) is 18.0 cm³/mol. The van der Waals surface area contributed by atoms with Crippen LogP contribution >= 0.6 is 11.6 Å². The molecule has 0 spiro atoms. The van der Waals surface area contributed by atoms with E-state index in [-0.39, 0.29) is 0 Å². The second-order valence-electron chi connectivity index (χ2n) is 0.862. The minimum absolute atomic E-state index is 2.09. The van der Waals surface area contributed by atoms with Crippen LogP contribution in [0, 0.1) is 0 Å². The molecular weight excluding hydrogens is 148 g/mol. The summed E-state index contributed by atoms with van der Waals surface area (Å²) in [7, 11) is 0. The van der Waals surface area contributed by atoms with Gasteiger partial charge in [-0.15, -0.1) is 0 Å². The molecule has 0 unspecified atom stereocenters. The average molecular weight is 148 g/mol. The van der Waals surface area contributed by atoms with Gasteiger partial charge in [0.15, 0.2) is 0 Å². The number of carbonyl (C=O) groups excluding carboxylic acids is 1. The Hall–Kier alpha value is -0.450. The molecule has 0 rings (SSSR count). The Balaban J connectivity index is 3.82. The zero-order valence-electron chi connectivity index (χ0n) is 3.33. The van der Waals surface area contributed by atoms with Crippen molar-refractivity contribution in [1.82, 2.24) is 0 Å². The largest absolute Gasteiger partial charge is 0.433 e. The van der Waals surface area contributed by atoms with Crippen molar-refractivity contribution in [3.8, 4) is 0 Å². The van der Waals surface area contributed by atoms with Crippen molar-refractivity contribution < 1.29 is 23.0 Å². The lowest BCUT2D eigenvalue weighted by molar-refractivity contribution is -0.201. The number of halogens is 4. The third-order valence-corrected chi connectivity index (χ3v) is 0.456. The van der Waals surface area contributed by atoms with Gasteiger partial charge in [0, 0.05) is 4.53 Å². The van der Waals surface area contributed by atoms with Gasteiger partial charge in [-0.1, -0.05) is 0 Å². The Morgan fingerprint density at radius 3 is 2.00 bits per heavy atom. The number of alkyl halides is 3. The summed E-state index contributed by atoms with van der Waals surface area (Å²) in [5.41, 5.74) is 0. The first-order valence-corrected chi connectivity index (χ1v) is 1.76. The Morgan fingerprint density at radius 1 is 1.62 bits per heavy atom. The molecule has 0 aliphatic carbocycles. The standard InChI is InChI=1S/C2ClF3O2/c3-2(4,5)1(7)8-6. The number of rotatable bonds is 1. The van der Waals surface area contributed by atoms with Crippen LogP contribution in [0.2, 0.25) is 0 Å². The Morgan fingerprint density at radius 2 is 2.00 bits per heavy atom. The van der Waals surface area contributed by atoms with Gasteiger partial charge in [0.1, 0.15) is 0 Å². The van der Waals surface area contributed by atoms with Gasteiger partial charge in [0.2, 0.25) is 0 Å². The number of hydrogen-bond donors (Lipinski definition) is 0. The van der Waals surface area contributed by atoms with E-state index in [1.54, 1.807) is 0 Å². The van der Waals surface area contributed by atoms with Gasteiger partial charge in [-0.2, -0.15) is 8.78 Å². The van der Waals surface area contributed by atoms with Crippen molar-refractivity contribution in [2.75, 3.05) is 0 Å². The van der Waals surface area contributed by atoms with Crippen LogP contribution in [0.15, 0.2) is 0 Å². The highest BCUT2D eigenvalue weighted by Crippen LogP contribution is 2.19. The van der Waals surface area contributed by atoms with E-state index >= 15 is 0 Å². The Kier molecular flexibility index (Phi) is 2.09. The molecule has 0 aromatic carbocycles. The third-order valence-electron chi connectivity index (χ3n) is 0.302. The molecule has 0 aliphatic rings. The molecule has 0 N–H and O–H groups in total. The second-order valence-corrected chi connectivity index (χ2v) is 1.34. The molecule has 0 saturated heterocycles. The van der Waals surface area contributed by atoms with E-state index in [2.05, 4.69) is 16.5 Å². The van der Waals surface area contributed by atoms with Gasteiger partial charge < -0.3 is 0 Å². The van der Waals surface area contributed by atoms with Crippen LogP contribution in [-0.2, 0) is 9.74 Å². The fourth-order valence-electron chi connectivity index (χ4n) is 0.0437. The summed E-state index contributed by atoms with van der Waals surface area (Å²) in [5, 5.41) is -4.26. The zero-order chi connectivity index (χ0) is 6.78. The SMILES string of the molecule is O=C(OF)C(F)(F)Cl. The van der Waals surface area contributed by atoms with E-state index in [0.29, 0.717) is 0 Å². The lowest BCUT2D eigenvalue weighted by Crippen LogP contribution is -2.21. The monoisotopic (exact) mass is 148 g/mol. The van der Waals surface area contributed by atoms with E-state index in [0.717, 1.165) is 0 Å². The van der Waals surface area contributed by atoms with Crippen LogP contribution in [0.1, 0.15) is 0 Å². The lowest BCUT2D eigenvalue weighted by Gasteiger charge is -1.97. The minimum atomic E-state index is -4.26. The molecule has 48 valence electrons. The minimum Gasteiger partial charge on any atom is -0.246 e. The maximum atomic E-state index is 11.2. The summed E-state index contributed by atoms with van der Waals surface area (Å²) >= 11 is 3.94. The zero-order valence-corrected chi connectivity index (χ0v) is 4.08. The van der Waals surface area contributed by atoms with Crippen molar-refractivity contribution in [1.29, 1.82) is 0 Å². The van der Waals surface area contributed by atoms with Gasteiger partial charge in [-0.3, -0.25) is 0 Å². The summed E-state index contributed by atoms with van der Waals surface area (Å²) < 4.78 is 32.8. The van der Waals surface area contributed by atoms with Crippen molar-refractivity contribution in [3.05, 3.63) is 0 Å². The normalized spacial score (nSPS) is 11.0. The van der Waals surface area contributed by atoms with Crippen LogP contribution in [0.25, 0.3) is 0 Å². The molecule has 0 radical (unpaired) electrons. The van der Waals surface area contributed by atoms with Crippen molar-refractivity contribution in [3.63, 3.8) is 0 Å². The summed E-state index contributed by atoms with van der Waals surface area (Å²) in [4.78, 5) is 11.4.